The molecule has 3 rings (SSSR count). The number of hydrogen-bond acceptors (Lipinski definition) is 2. The number of urea groups is 1. The summed E-state index contributed by atoms with van der Waals surface area (Å²) < 4.78 is 13.0. The van der Waals surface area contributed by atoms with Crippen LogP contribution in [0.3, 0.4) is 0 Å². The van der Waals surface area contributed by atoms with E-state index < -0.39 is 11.6 Å². The van der Waals surface area contributed by atoms with Crippen LogP contribution >= 0.6 is 0 Å². The number of amides is 3. The highest BCUT2D eigenvalue weighted by Crippen LogP contribution is 2.39. The summed E-state index contributed by atoms with van der Waals surface area (Å²) in [7, 11) is 0. The summed E-state index contributed by atoms with van der Waals surface area (Å²) in [5.41, 5.74) is -0.195. The second kappa shape index (κ2) is 4.33. The van der Waals surface area contributed by atoms with Crippen molar-refractivity contribution in [3.05, 3.63) is 30.1 Å². The van der Waals surface area contributed by atoms with Gasteiger partial charge in [0.1, 0.15) is 11.4 Å². The van der Waals surface area contributed by atoms with E-state index in [9.17, 15) is 14.0 Å². The minimum absolute atomic E-state index is 0.221. The molecule has 3 amide bonds. The molecule has 1 N–H and O–H groups in total. The average molecular weight is 262 g/mol. The second-order valence-corrected chi connectivity index (χ2v) is 5.16. The molecule has 1 saturated heterocycles. The van der Waals surface area contributed by atoms with Crippen LogP contribution in [0.15, 0.2) is 24.3 Å². The van der Waals surface area contributed by atoms with Crippen LogP contribution in [0.25, 0.3) is 0 Å². The van der Waals surface area contributed by atoms with Gasteiger partial charge in [0.25, 0.3) is 5.91 Å². The summed E-state index contributed by atoms with van der Waals surface area (Å²) in [6, 6.07) is 5.30. The predicted octanol–water partition coefficient (Wildman–Crippen LogP) is 2.58. The van der Waals surface area contributed by atoms with Gasteiger partial charge in [-0.25, -0.2) is 9.18 Å². The van der Waals surface area contributed by atoms with Crippen molar-refractivity contribution in [2.75, 3.05) is 4.90 Å². The molecule has 0 aromatic heterocycles. The smallest absolute Gasteiger partial charge is 0.279 e. The molecule has 0 atom stereocenters. The summed E-state index contributed by atoms with van der Waals surface area (Å²) in [6.07, 6.45) is 4.28. The lowest BCUT2D eigenvalue weighted by molar-refractivity contribution is -0.124. The number of anilines is 1. The Balaban J connectivity index is 2.03. The zero-order valence-corrected chi connectivity index (χ0v) is 10.5. The van der Waals surface area contributed by atoms with Gasteiger partial charge in [-0.1, -0.05) is 19.3 Å². The van der Waals surface area contributed by atoms with Gasteiger partial charge in [-0.3, -0.25) is 15.0 Å². The topological polar surface area (TPSA) is 49.4 Å². The highest BCUT2D eigenvalue weighted by molar-refractivity contribution is 6.16. The third-order valence-electron chi connectivity index (χ3n) is 4.04. The van der Waals surface area contributed by atoms with Crippen molar-refractivity contribution in [3.63, 3.8) is 0 Å². The Morgan fingerprint density at radius 1 is 1.05 bits per heavy atom. The van der Waals surface area contributed by atoms with Crippen LogP contribution in [0.1, 0.15) is 32.1 Å². The summed E-state index contributed by atoms with van der Waals surface area (Å²) in [4.78, 5) is 25.7. The van der Waals surface area contributed by atoms with Crippen molar-refractivity contribution in [1.82, 2.24) is 5.32 Å². The highest BCUT2D eigenvalue weighted by atomic mass is 19.1. The summed E-state index contributed by atoms with van der Waals surface area (Å²) >= 11 is 0. The minimum Gasteiger partial charge on any atom is -0.279 e. The fourth-order valence-electron chi connectivity index (χ4n) is 3.11. The Labute approximate surface area is 110 Å². The van der Waals surface area contributed by atoms with E-state index in [1.54, 1.807) is 12.1 Å². The number of nitrogens with one attached hydrogen (secondary N) is 1. The van der Waals surface area contributed by atoms with E-state index in [-0.39, 0.29) is 11.7 Å². The van der Waals surface area contributed by atoms with Crippen LogP contribution in [0.4, 0.5) is 14.9 Å². The molecule has 2 aliphatic rings. The molecular formula is C14H15FN2O2. The lowest BCUT2D eigenvalue weighted by atomic mass is 9.80. The molecule has 1 aromatic carbocycles. The lowest BCUT2D eigenvalue weighted by Gasteiger charge is -2.38. The fourth-order valence-corrected chi connectivity index (χ4v) is 3.11. The molecule has 1 saturated carbocycles. The number of imide groups is 1. The molecule has 0 radical (unpaired) electrons. The number of carbonyl (C=O) groups excluding carboxylic acids is 2. The molecule has 1 heterocycles. The van der Waals surface area contributed by atoms with Crippen molar-refractivity contribution < 1.29 is 14.0 Å². The van der Waals surface area contributed by atoms with Crippen LogP contribution in [-0.2, 0) is 4.79 Å². The summed E-state index contributed by atoms with van der Waals surface area (Å²) in [6.45, 7) is 0. The molecule has 1 aromatic rings. The van der Waals surface area contributed by atoms with Gasteiger partial charge in [-0.05, 0) is 37.1 Å². The van der Waals surface area contributed by atoms with Crippen LogP contribution in [0, 0.1) is 5.82 Å². The fraction of sp³-hybridized carbons (Fsp3) is 0.429. The number of carbonyl (C=O) groups is 2. The van der Waals surface area contributed by atoms with Crippen molar-refractivity contribution in [3.8, 4) is 0 Å². The molecule has 1 aliphatic heterocycles. The number of benzene rings is 1. The van der Waals surface area contributed by atoms with Gasteiger partial charge in [-0.2, -0.15) is 0 Å². The van der Waals surface area contributed by atoms with E-state index >= 15 is 0 Å². The molecule has 0 unspecified atom stereocenters. The predicted molar refractivity (Wildman–Crippen MR) is 68.2 cm³/mol. The number of rotatable bonds is 1. The first kappa shape index (κ1) is 12.1. The van der Waals surface area contributed by atoms with Gasteiger partial charge in [0.05, 0.1) is 0 Å². The van der Waals surface area contributed by atoms with Gasteiger partial charge < -0.3 is 0 Å². The maximum Gasteiger partial charge on any atom is 0.329 e. The maximum atomic E-state index is 13.0. The molecule has 2 fully saturated rings. The van der Waals surface area contributed by atoms with Crippen molar-refractivity contribution in [2.45, 2.75) is 37.6 Å². The first-order valence-corrected chi connectivity index (χ1v) is 6.55. The zero-order valence-electron chi connectivity index (χ0n) is 10.5. The van der Waals surface area contributed by atoms with Gasteiger partial charge in [0.15, 0.2) is 0 Å². The number of hydrogen-bond donors (Lipinski definition) is 1. The summed E-state index contributed by atoms with van der Waals surface area (Å²) in [5.74, 6) is -0.575. The van der Waals surface area contributed by atoms with Gasteiger partial charge in [-0.15, -0.1) is 0 Å². The van der Waals surface area contributed by atoms with E-state index in [4.69, 9.17) is 0 Å². The van der Waals surface area contributed by atoms with Gasteiger partial charge in [0, 0.05) is 5.69 Å². The number of nitrogens with zero attached hydrogens (tertiary/aromatic N) is 1. The van der Waals surface area contributed by atoms with Crippen LogP contribution < -0.4 is 10.2 Å². The SMILES string of the molecule is O=C1NC(=O)C2(CCCCC2)N1c1ccc(F)cc1. The molecule has 0 bridgehead atoms. The van der Waals surface area contributed by atoms with Crippen molar-refractivity contribution in [2.24, 2.45) is 0 Å². The van der Waals surface area contributed by atoms with Crippen LogP contribution in [0.2, 0.25) is 0 Å². The lowest BCUT2D eigenvalue weighted by Crippen LogP contribution is -2.51. The second-order valence-electron chi connectivity index (χ2n) is 5.16. The Morgan fingerprint density at radius 2 is 1.68 bits per heavy atom. The highest BCUT2D eigenvalue weighted by Gasteiger charge is 2.53. The standard InChI is InChI=1S/C14H15FN2O2/c15-10-4-6-11(7-5-10)17-13(19)16-12(18)14(17)8-2-1-3-9-14/h4-7H,1-3,8-9H2,(H,16,18,19). The molecule has 1 aliphatic carbocycles. The first-order chi connectivity index (χ1) is 9.13. The van der Waals surface area contributed by atoms with Gasteiger partial charge in [0.2, 0.25) is 0 Å². The third-order valence-corrected chi connectivity index (χ3v) is 4.04. The quantitative estimate of drug-likeness (QED) is 0.791. The monoisotopic (exact) mass is 262 g/mol. The van der Waals surface area contributed by atoms with E-state index in [1.165, 1.54) is 17.0 Å². The first-order valence-electron chi connectivity index (χ1n) is 6.55. The van der Waals surface area contributed by atoms with Crippen LogP contribution in [0.5, 0.6) is 0 Å². The molecule has 5 heteroatoms. The Morgan fingerprint density at radius 3 is 2.32 bits per heavy atom. The Kier molecular flexibility index (Phi) is 2.77. The Bertz CT molecular complexity index is 521. The Hall–Kier alpha value is -1.91. The van der Waals surface area contributed by atoms with Gasteiger partial charge >= 0.3 is 6.03 Å². The molecule has 1 spiro atoms. The molecule has 100 valence electrons. The normalized spacial score (nSPS) is 21.8. The van der Waals surface area contributed by atoms with Crippen molar-refractivity contribution in [1.29, 1.82) is 0 Å². The number of halogens is 1. The third kappa shape index (κ3) is 1.80. The van der Waals surface area contributed by atoms with Crippen molar-refractivity contribution >= 4 is 17.6 Å². The van der Waals surface area contributed by atoms with E-state index in [1.807, 2.05) is 0 Å². The molecule has 19 heavy (non-hydrogen) atoms. The van der Waals surface area contributed by atoms with E-state index in [2.05, 4.69) is 5.32 Å². The largest absolute Gasteiger partial charge is 0.329 e. The van der Waals surface area contributed by atoms with E-state index in [0.29, 0.717) is 18.5 Å². The molecule has 4 nitrogen and oxygen atoms in total. The van der Waals surface area contributed by atoms with Crippen LogP contribution in [-0.4, -0.2) is 17.5 Å². The van der Waals surface area contributed by atoms with E-state index in [0.717, 1.165) is 19.3 Å². The minimum atomic E-state index is -0.771. The molecular weight excluding hydrogens is 247 g/mol. The maximum absolute atomic E-state index is 13.0. The average Bonchev–Trinajstić information content (AvgIpc) is 2.64. The zero-order chi connectivity index (χ0) is 13.5. The summed E-state index contributed by atoms with van der Waals surface area (Å²) in [5, 5.41) is 2.39.